The topological polar surface area (TPSA) is 86.5 Å². The van der Waals surface area contributed by atoms with Crippen LogP contribution in [0.5, 0.6) is 5.75 Å². The highest BCUT2D eigenvalue weighted by molar-refractivity contribution is 7.89. The van der Waals surface area contributed by atoms with E-state index in [1.807, 2.05) is 17.9 Å². The number of nitrogens with zero attached hydrogens (tertiary/aromatic N) is 4. The van der Waals surface area contributed by atoms with Gasteiger partial charge < -0.3 is 9.64 Å². The molecule has 1 aliphatic heterocycles. The Hall–Kier alpha value is -2.34. The molecule has 27 heavy (non-hydrogen) atoms. The zero-order valence-corrected chi connectivity index (χ0v) is 16.4. The number of hydrogen-bond acceptors (Lipinski definition) is 6. The van der Waals surface area contributed by atoms with Crippen LogP contribution < -0.4 is 9.64 Å². The Morgan fingerprint density at radius 3 is 2.41 bits per heavy atom. The van der Waals surface area contributed by atoms with E-state index in [2.05, 4.69) is 4.98 Å². The molecule has 0 aliphatic carbocycles. The van der Waals surface area contributed by atoms with Crippen LogP contribution in [0.4, 0.5) is 5.82 Å². The van der Waals surface area contributed by atoms with Gasteiger partial charge in [-0.3, -0.25) is 0 Å². The molecule has 1 saturated heterocycles. The summed E-state index contributed by atoms with van der Waals surface area (Å²) < 4.78 is 32.5. The third-order valence-corrected chi connectivity index (χ3v) is 6.49. The lowest BCUT2D eigenvalue weighted by molar-refractivity contribution is 0.340. The Balaban J connectivity index is 1.70. The van der Waals surface area contributed by atoms with Crippen LogP contribution in [0.1, 0.15) is 12.6 Å². The van der Waals surface area contributed by atoms with Crippen molar-refractivity contribution in [2.45, 2.75) is 11.8 Å². The van der Waals surface area contributed by atoms with Crippen molar-refractivity contribution in [1.29, 1.82) is 5.26 Å². The van der Waals surface area contributed by atoms with E-state index < -0.39 is 10.0 Å². The van der Waals surface area contributed by atoms with Gasteiger partial charge in [0.25, 0.3) is 0 Å². The number of rotatable bonds is 5. The lowest BCUT2D eigenvalue weighted by atomic mass is 10.3. The number of nitriles is 1. The highest BCUT2D eigenvalue weighted by Gasteiger charge is 2.29. The van der Waals surface area contributed by atoms with E-state index >= 15 is 0 Å². The molecule has 0 saturated carbocycles. The lowest BCUT2D eigenvalue weighted by Crippen LogP contribution is -2.48. The molecule has 0 N–H and O–H groups in total. The molecular formula is C18H19ClN4O3S. The number of halogens is 1. The van der Waals surface area contributed by atoms with Crippen molar-refractivity contribution in [3.63, 3.8) is 0 Å². The molecular weight excluding hydrogens is 388 g/mol. The molecule has 2 aromatic rings. The minimum Gasteiger partial charge on any atom is -0.494 e. The number of hydrogen-bond donors (Lipinski definition) is 0. The standard InChI is InChI=1S/C18H19ClN4O3S/c1-2-26-14-3-5-15(6-4-14)27(24,25)23-11-9-22(10-12-23)18-8-7-16(19)17(13-20)21-18/h3-8H,2,9-12H2,1H3. The fourth-order valence-electron chi connectivity index (χ4n) is 2.87. The summed E-state index contributed by atoms with van der Waals surface area (Å²) in [7, 11) is -3.56. The Morgan fingerprint density at radius 1 is 1.15 bits per heavy atom. The molecule has 1 aromatic heterocycles. The summed E-state index contributed by atoms with van der Waals surface area (Å²) in [6.45, 7) is 4.04. The van der Waals surface area contributed by atoms with Gasteiger partial charge in [-0.05, 0) is 43.3 Å². The second kappa shape index (κ2) is 8.13. The molecule has 0 atom stereocenters. The first-order chi connectivity index (χ1) is 13.0. The van der Waals surface area contributed by atoms with Crippen LogP contribution in [0.3, 0.4) is 0 Å². The fourth-order valence-corrected chi connectivity index (χ4v) is 4.44. The number of ether oxygens (including phenoxy) is 1. The minimum atomic E-state index is -3.56. The summed E-state index contributed by atoms with van der Waals surface area (Å²) in [5.74, 6) is 1.26. The van der Waals surface area contributed by atoms with Crippen LogP contribution in [0, 0.1) is 11.3 Å². The van der Waals surface area contributed by atoms with Crippen molar-refractivity contribution in [2.75, 3.05) is 37.7 Å². The molecule has 0 spiro atoms. The van der Waals surface area contributed by atoms with Gasteiger partial charge in [-0.25, -0.2) is 13.4 Å². The highest BCUT2D eigenvalue weighted by atomic mass is 35.5. The van der Waals surface area contributed by atoms with Gasteiger partial charge in [0.1, 0.15) is 17.6 Å². The number of benzene rings is 1. The van der Waals surface area contributed by atoms with E-state index in [0.717, 1.165) is 0 Å². The average molecular weight is 407 g/mol. The van der Waals surface area contributed by atoms with Gasteiger partial charge >= 0.3 is 0 Å². The van der Waals surface area contributed by atoms with E-state index in [-0.39, 0.29) is 10.6 Å². The molecule has 142 valence electrons. The molecule has 3 rings (SSSR count). The van der Waals surface area contributed by atoms with E-state index in [9.17, 15) is 8.42 Å². The van der Waals surface area contributed by atoms with Crippen molar-refractivity contribution in [1.82, 2.24) is 9.29 Å². The van der Waals surface area contributed by atoms with Crippen molar-refractivity contribution in [3.05, 3.63) is 47.1 Å². The first kappa shape index (κ1) is 19.4. The van der Waals surface area contributed by atoms with Crippen LogP contribution in [0.25, 0.3) is 0 Å². The summed E-state index contributed by atoms with van der Waals surface area (Å²) in [5.41, 5.74) is 0.165. The maximum Gasteiger partial charge on any atom is 0.243 e. The number of pyridine rings is 1. The zero-order valence-electron chi connectivity index (χ0n) is 14.8. The normalized spacial score (nSPS) is 15.4. The van der Waals surface area contributed by atoms with Crippen molar-refractivity contribution < 1.29 is 13.2 Å². The van der Waals surface area contributed by atoms with Gasteiger partial charge in [0.05, 0.1) is 16.5 Å². The molecule has 0 amide bonds. The van der Waals surface area contributed by atoms with Gasteiger partial charge in [0.2, 0.25) is 10.0 Å². The Kier molecular flexibility index (Phi) is 5.85. The van der Waals surface area contributed by atoms with Crippen molar-refractivity contribution >= 4 is 27.4 Å². The molecule has 0 bridgehead atoms. The first-order valence-electron chi connectivity index (χ1n) is 8.50. The number of anilines is 1. The van der Waals surface area contributed by atoms with Crippen molar-refractivity contribution in [2.24, 2.45) is 0 Å². The van der Waals surface area contributed by atoms with Gasteiger partial charge in [0.15, 0.2) is 5.69 Å². The van der Waals surface area contributed by atoms with E-state index in [1.165, 1.54) is 4.31 Å². The van der Waals surface area contributed by atoms with Crippen LogP contribution in [0.15, 0.2) is 41.3 Å². The largest absolute Gasteiger partial charge is 0.494 e. The zero-order chi connectivity index (χ0) is 19.4. The molecule has 0 unspecified atom stereocenters. The maximum atomic E-state index is 12.8. The van der Waals surface area contributed by atoms with Crippen LogP contribution in [-0.2, 0) is 10.0 Å². The molecule has 9 heteroatoms. The van der Waals surface area contributed by atoms with Gasteiger partial charge in [-0.2, -0.15) is 9.57 Å². The molecule has 1 fully saturated rings. The van der Waals surface area contributed by atoms with Gasteiger partial charge in [-0.15, -0.1) is 0 Å². The van der Waals surface area contributed by atoms with Gasteiger partial charge in [-0.1, -0.05) is 11.6 Å². The van der Waals surface area contributed by atoms with Gasteiger partial charge in [0, 0.05) is 26.2 Å². The number of piperazine rings is 1. The minimum absolute atomic E-state index is 0.165. The highest BCUT2D eigenvalue weighted by Crippen LogP contribution is 2.23. The monoisotopic (exact) mass is 406 g/mol. The molecule has 7 nitrogen and oxygen atoms in total. The first-order valence-corrected chi connectivity index (χ1v) is 10.3. The predicted octanol–water partition coefficient (Wildman–Crippen LogP) is 2.52. The van der Waals surface area contributed by atoms with Crippen molar-refractivity contribution in [3.8, 4) is 11.8 Å². The lowest BCUT2D eigenvalue weighted by Gasteiger charge is -2.34. The number of sulfonamides is 1. The Bertz CT molecular complexity index is 950. The second-order valence-electron chi connectivity index (χ2n) is 5.91. The third-order valence-electron chi connectivity index (χ3n) is 4.27. The van der Waals surface area contributed by atoms with E-state index in [4.69, 9.17) is 21.6 Å². The molecule has 0 radical (unpaired) electrons. The third kappa shape index (κ3) is 4.16. The number of aromatic nitrogens is 1. The van der Waals surface area contributed by atoms with Crippen LogP contribution in [-0.4, -0.2) is 50.5 Å². The maximum absolute atomic E-state index is 12.8. The van der Waals surface area contributed by atoms with E-state index in [0.29, 0.717) is 49.4 Å². The van der Waals surface area contributed by atoms with Crippen LogP contribution >= 0.6 is 11.6 Å². The smallest absolute Gasteiger partial charge is 0.243 e. The van der Waals surface area contributed by atoms with E-state index in [1.54, 1.807) is 36.4 Å². The summed E-state index contributed by atoms with van der Waals surface area (Å²) in [5, 5.41) is 9.36. The quantitative estimate of drug-likeness (QED) is 0.758. The SMILES string of the molecule is CCOc1ccc(S(=O)(=O)N2CCN(c3ccc(Cl)c(C#N)n3)CC2)cc1. The molecule has 1 aliphatic rings. The summed E-state index contributed by atoms with van der Waals surface area (Å²) in [4.78, 5) is 6.43. The fraction of sp³-hybridized carbons (Fsp3) is 0.333. The summed E-state index contributed by atoms with van der Waals surface area (Å²) in [6.07, 6.45) is 0. The predicted molar refractivity (Wildman–Crippen MR) is 103 cm³/mol. The second-order valence-corrected chi connectivity index (χ2v) is 8.25. The average Bonchev–Trinajstić information content (AvgIpc) is 2.69. The van der Waals surface area contributed by atoms with Crippen LogP contribution in [0.2, 0.25) is 5.02 Å². The molecule has 2 heterocycles. The summed E-state index contributed by atoms with van der Waals surface area (Å²) >= 11 is 5.92. The summed E-state index contributed by atoms with van der Waals surface area (Å²) in [6, 6.07) is 11.8. The Labute approximate surface area is 163 Å². The molecule has 1 aromatic carbocycles. The Morgan fingerprint density at radius 2 is 1.81 bits per heavy atom.